The van der Waals surface area contributed by atoms with Gasteiger partial charge in [-0.25, -0.2) is 4.98 Å². The molecule has 0 saturated carbocycles. The normalized spacial score (nSPS) is 17.0. The summed E-state index contributed by atoms with van der Waals surface area (Å²) in [5, 5.41) is 2.95. The topological polar surface area (TPSA) is 99.4 Å². The Balaban J connectivity index is 1.80. The van der Waals surface area contributed by atoms with Gasteiger partial charge in [-0.3, -0.25) is 0 Å². The van der Waals surface area contributed by atoms with Crippen LogP contribution in [0.1, 0.15) is 0 Å². The zero-order valence-electron chi connectivity index (χ0n) is 12.9. The Hall–Kier alpha value is -1.87. The van der Waals surface area contributed by atoms with E-state index in [0.717, 1.165) is 16.2 Å². The number of anilines is 2. The van der Waals surface area contributed by atoms with E-state index in [1.54, 1.807) is 7.05 Å². The molecule has 1 aromatic heterocycles. The van der Waals surface area contributed by atoms with E-state index in [1.165, 1.54) is 0 Å². The summed E-state index contributed by atoms with van der Waals surface area (Å²) in [5.41, 5.74) is 7.35. The number of hydrogen-bond donors (Lipinski definition) is 2. The maximum atomic E-state index is 12.5. The molecule has 1 atom stereocenters. The summed E-state index contributed by atoms with van der Waals surface area (Å²) in [4.78, 5) is 9.08. The molecule has 3 N–H and O–H groups in total. The molecule has 1 fully saturated rings. The molecule has 1 saturated heterocycles. The van der Waals surface area contributed by atoms with Gasteiger partial charge in [0.1, 0.15) is 5.82 Å². The SMILES string of the molecule is CNc1cc(-c2ccc([S+]([O-])N3CCOCC3)cc2)nc(N)n1. The minimum absolute atomic E-state index is 0.216. The Bertz CT molecular complexity index is 661. The Morgan fingerprint density at radius 2 is 1.91 bits per heavy atom. The number of hydrogen-bond acceptors (Lipinski definition) is 7. The van der Waals surface area contributed by atoms with Crippen molar-refractivity contribution >= 4 is 23.1 Å². The third kappa shape index (κ3) is 3.73. The second-order valence-corrected chi connectivity index (χ2v) is 6.55. The molecule has 0 bridgehead atoms. The highest BCUT2D eigenvalue weighted by atomic mass is 32.2. The van der Waals surface area contributed by atoms with Crippen LogP contribution in [0, 0.1) is 0 Å². The number of benzene rings is 1. The summed E-state index contributed by atoms with van der Waals surface area (Å²) in [6.07, 6.45) is 0. The number of ether oxygens (including phenoxy) is 1. The Labute approximate surface area is 138 Å². The number of rotatable bonds is 4. The molecule has 1 aliphatic heterocycles. The first-order chi connectivity index (χ1) is 11.2. The van der Waals surface area contributed by atoms with Crippen LogP contribution in [0.2, 0.25) is 0 Å². The van der Waals surface area contributed by atoms with Crippen LogP contribution in [0.5, 0.6) is 0 Å². The van der Waals surface area contributed by atoms with E-state index in [9.17, 15) is 4.55 Å². The quantitative estimate of drug-likeness (QED) is 0.809. The molecule has 0 amide bonds. The monoisotopic (exact) mass is 333 g/mol. The lowest BCUT2D eigenvalue weighted by Crippen LogP contribution is -2.40. The van der Waals surface area contributed by atoms with E-state index in [1.807, 2.05) is 34.6 Å². The molecule has 23 heavy (non-hydrogen) atoms. The summed E-state index contributed by atoms with van der Waals surface area (Å²) in [6.45, 7) is 2.61. The minimum atomic E-state index is -1.16. The zero-order chi connectivity index (χ0) is 16.2. The summed E-state index contributed by atoms with van der Waals surface area (Å²) in [6, 6.07) is 9.34. The van der Waals surface area contributed by atoms with Crippen molar-refractivity contribution in [3.05, 3.63) is 30.3 Å². The fraction of sp³-hybridized carbons (Fsp3) is 0.333. The highest BCUT2D eigenvalue weighted by Crippen LogP contribution is 2.24. The minimum Gasteiger partial charge on any atom is -0.593 e. The van der Waals surface area contributed by atoms with Gasteiger partial charge in [0.15, 0.2) is 4.90 Å². The summed E-state index contributed by atoms with van der Waals surface area (Å²) < 4.78 is 19.7. The van der Waals surface area contributed by atoms with Gasteiger partial charge < -0.3 is 20.3 Å². The highest BCUT2D eigenvalue weighted by molar-refractivity contribution is 7.89. The number of morpholine rings is 1. The van der Waals surface area contributed by atoms with Crippen LogP contribution in [0.4, 0.5) is 11.8 Å². The fourth-order valence-corrected chi connectivity index (χ4v) is 3.49. The Morgan fingerprint density at radius 1 is 1.22 bits per heavy atom. The maximum Gasteiger partial charge on any atom is 0.222 e. The second-order valence-electron chi connectivity index (χ2n) is 5.06. The third-order valence-electron chi connectivity index (χ3n) is 3.56. The van der Waals surface area contributed by atoms with Crippen LogP contribution in [0.3, 0.4) is 0 Å². The second kappa shape index (κ2) is 7.14. The Kier molecular flexibility index (Phi) is 4.97. The van der Waals surface area contributed by atoms with Gasteiger partial charge in [0.25, 0.3) is 0 Å². The van der Waals surface area contributed by atoms with Gasteiger partial charge in [0, 0.05) is 18.7 Å². The molecule has 0 radical (unpaired) electrons. The lowest BCUT2D eigenvalue weighted by atomic mass is 10.1. The first-order valence-corrected chi connectivity index (χ1v) is 8.45. The van der Waals surface area contributed by atoms with Gasteiger partial charge in [0.05, 0.1) is 43.4 Å². The predicted octanol–water partition coefficient (Wildman–Crippen LogP) is 1.12. The van der Waals surface area contributed by atoms with Crippen molar-refractivity contribution in [3.8, 4) is 11.3 Å². The summed E-state index contributed by atoms with van der Waals surface area (Å²) in [5.74, 6) is 0.876. The molecule has 2 aromatic rings. The van der Waals surface area contributed by atoms with Gasteiger partial charge in [0.2, 0.25) is 5.95 Å². The molecular weight excluding hydrogens is 314 g/mol. The molecule has 3 rings (SSSR count). The first kappa shape index (κ1) is 16.0. The first-order valence-electron chi connectivity index (χ1n) is 7.34. The van der Waals surface area contributed by atoms with Crippen LogP contribution in [0.15, 0.2) is 35.2 Å². The number of nitrogens with two attached hydrogens (primary N) is 1. The van der Waals surface area contributed by atoms with Gasteiger partial charge in [-0.2, -0.15) is 4.98 Å². The van der Waals surface area contributed by atoms with Crippen molar-refractivity contribution in [1.29, 1.82) is 0 Å². The van der Waals surface area contributed by atoms with E-state index in [2.05, 4.69) is 15.3 Å². The fourth-order valence-electron chi connectivity index (χ4n) is 2.35. The van der Waals surface area contributed by atoms with Gasteiger partial charge in [-0.1, -0.05) is 0 Å². The van der Waals surface area contributed by atoms with E-state index in [4.69, 9.17) is 10.5 Å². The summed E-state index contributed by atoms with van der Waals surface area (Å²) >= 11 is -1.16. The van der Waals surface area contributed by atoms with Crippen molar-refractivity contribution in [3.63, 3.8) is 0 Å². The predicted molar refractivity (Wildman–Crippen MR) is 90.2 cm³/mol. The number of nitrogens with zero attached hydrogens (tertiary/aromatic N) is 3. The molecule has 7 nitrogen and oxygen atoms in total. The molecule has 2 heterocycles. The molecule has 1 aliphatic rings. The number of aromatic nitrogens is 2. The van der Waals surface area contributed by atoms with Crippen molar-refractivity contribution in [2.24, 2.45) is 0 Å². The molecule has 1 unspecified atom stereocenters. The van der Waals surface area contributed by atoms with Crippen molar-refractivity contribution in [1.82, 2.24) is 14.3 Å². The van der Waals surface area contributed by atoms with Crippen LogP contribution in [-0.2, 0) is 16.1 Å². The molecule has 0 spiro atoms. The summed E-state index contributed by atoms with van der Waals surface area (Å²) in [7, 11) is 1.78. The average molecular weight is 333 g/mol. The van der Waals surface area contributed by atoms with Crippen LogP contribution in [0.25, 0.3) is 11.3 Å². The van der Waals surface area contributed by atoms with Crippen molar-refractivity contribution in [2.75, 3.05) is 44.4 Å². The smallest absolute Gasteiger partial charge is 0.222 e. The van der Waals surface area contributed by atoms with Gasteiger partial charge >= 0.3 is 0 Å². The van der Waals surface area contributed by atoms with E-state index in [-0.39, 0.29) is 5.95 Å². The van der Waals surface area contributed by atoms with Crippen molar-refractivity contribution in [2.45, 2.75) is 4.90 Å². The third-order valence-corrected chi connectivity index (χ3v) is 5.07. The lowest BCUT2D eigenvalue weighted by molar-refractivity contribution is 0.0730. The van der Waals surface area contributed by atoms with Crippen LogP contribution < -0.4 is 11.1 Å². The van der Waals surface area contributed by atoms with Crippen molar-refractivity contribution < 1.29 is 9.29 Å². The van der Waals surface area contributed by atoms with Gasteiger partial charge in [-0.05, 0) is 24.3 Å². The molecule has 8 heteroatoms. The molecule has 0 aliphatic carbocycles. The largest absolute Gasteiger partial charge is 0.593 e. The Morgan fingerprint density at radius 3 is 2.57 bits per heavy atom. The number of nitrogen functional groups attached to an aromatic ring is 1. The van der Waals surface area contributed by atoms with E-state index < -0.39 is 11.4 Å². The molecule has 1 aromatic carbocycles. The zero-order valence-corrected chi connectivity index (χ0v) is 13.7. The lowest BCUT2D eigenvalue weighted by Gasteiger charge is -2.27. The van der Waals surface area contributed by atoms with Crippen LogP contribution in [-0.4, -0.2) is 52.2 Å². The highest BCUT2D eigenvalue weighted by Gasteiger charge is 2.24. The van der Waals surface area contributed by atoms with E-state index >= 15 is 0 Å². The van der Waals surface area contributed by atoms with E-state index in [0.29, 0.717) is 32.1 Å². The molecular formula is C15H19N5O2S. The van der Waals surface area contributed by atoms with Crippen LogP contribution >= 0.6 is 0 Å². The number of nitrogens with one attached hydrogen (secondary N) is 1. The van der Waals surface area contributed by atoms with Gasteiger partial charge in [-0.15, -0.1) is 4.31 Å². The molecule has 122 valence electrons. The maximum absolute atomic E-state index is 12.5. The average Bonchev–Trinajstić information content (AvgIpc) is 2.61. The standard InChI is InChI=1S/C15H19N5O2S/c1-17-14-10-13(18-15(16)19-14)11-2-4-12(5-3-11)23(21)20-6-8-22-9-7-20/h2-5,10H,6-9H2,1H3,(H3,16,17,18,19).